The van der Waals surface area contributed by atoms with Crippen LogP contribution < -0.4 is 5.32 Å². The monoisotopic (exact) mass is 252 g/mol. The molecule has 0 saturated carbocycles. The van der Waals surface area contributed by atoms with Gasteiger partial charge in [-0.1, -0.05) is 0 Å². The van der Waals surface area contributed by atoms with Crippen molar-refractivity contribution in [2.75, 3.05) is 0 Å². The molecule has 0 radical (unpaired) electrons. The molecule has 0 saturated heterocycles. The van der Waals surface area contributed by atoms with Gasteiger partial charge in [0.05, 0.1) is 11.6 Å². The van der Waals surface area contributed by atoms with Crippen LogP contribution >= 0.6 is 22.7 Å². The number of carbonyl (C=O) groups is 1. The van der Waals surface area contributed by atoms with E-state index in [-0.39, 0.29) is 11.9 Å². The Labute approximate surface area is 102 Å². The van der Waals surface area contributed by atoms with Crippen LogP contribution in [0.5, 0.6) is 0 Å². The maximum atomic E-state index is 11.7. The van der Waals surface area contributed by atoms with Gasteiger partial charge in [-0.05, 0) is 26.0 Å². The number of aryl methyl sites for hydroxylation is 1. The second-order valence-corrected chi connectivity index (χ2v) is 5.56. The molecule has 2 aromatic heterocycles. The van der Waals surface area contributed by atoms with E-state index in [0.29, 0.717) is 5.69 Å². The summed E-state index contributed by atoms with van der Waals surface area (Å²) < 4.78 is 0. The molecule has 1 N–H and O–H groups in total. The number of carbonyl (C=O) groups excluding carboxylic acids is 1. The Morgan fingerprint density at radius 1 is 1.50 bits per heavy atom. The summed E-state index contributed by atoms with van der Waals surface area (Å²) in [6, 6.07) is 4.14. The van der Waals surface area contributed by atoms with Gasteiger partial charge in [0, 0.05) is 15.1 Å². The number of nitrogens with one attached hydrogen (secondary N) is 1. The lowest BCUT2D eigenvalue weighted by atomic mass is 10.2. The van der Waals surface area contributed by atoms with E-state index < -0.39 is 0 Å². The van der Waals surface area contributed by atoms with E-state index in [4.69, 9.17) is 0 Å². The van der Waals surface area contributed by atoms with Crippen molar-refractivity contribution in [2.24, 2.45) is 0 Å². The average molecular weight is 252 g/mol. The lowest BCUT2D eigenvalue weighted by Crippen LogP contribution is -2.26. The summed E-state index contributed by atoms with van der Waals surface area (Å²) in [5.74, 6) is -0.111. The highest BCUT2D eigenvalue weighted by Gasteiger charge is 2.13. The number of aromatic nitrogens is 1. The Bertz CT molecular complexity index is 476. The van der Waals surface area contributed by atoms with Crippen molar-refractivity contribution in [3.05, 3.63) is 38.5 Å². The summed E-state index contributed by atoms with van der Waals surface area (Å²) in [6.07, 6.45) is 0. The molecule has 5 heteroatoms. The van der Waals surface area contributed by atoms with Crippen LogP contribution in [0.25, 0.3) is 0 Å². The highest BCUT2D eigenvalue weighted by atomic mass is 32.1. The average Bonchev–Trinajstić information content (AvgIpc) is 2.87. The van der Waals surface area contributed by atoms with Gasteiger partial charge in [-0.2, -0.15) is 0 Å². The minimum Gasteiger partial charge on any atom is -0.343 e. The number of amides is 1. The summed E-state index contributed by atoms with van der Waals surface area (Å²) in [6.45, 7) is 4.04. The number of hydrogen-bond acceptors (Lipinski definition) is 4. The lowest BCUT2D eigenvalue weighted by molar-refractivity contribution is 0.0936. The van der Waals surface area contributed by atoms with E-state index in [1.54, 1.807) is 22.2 Å². The van der Waals surface area contributed by atoms with E-state index in [1.165, 1.54) is 21.1 Å². The molecular weight excluding hydrogens is 240 g/mol. The minimum absolute atomic E-state index is 0.0351. The van der Waals surface area contributed by atoms with Gasteiger partial charge in [-0.15, -0.1) is 22.7 Å². The van der Waals surface area contributed by atoms with Gasteiger partial charge in [-0.3, -0.25) is 4.79 Å². The maximum absolute atomic E-state index is 11.7. The first-order valence-electron chi connectivity index (χ1n) is 4.92. The molecule has 3 nitrogen and oxygen atoms in total. The highest BCUT2D eigenvalue weighted by molar-refractivity contribution is 7.12. The largest absolute Gasteiger partial charge is 0.343 e. The van der Waals surface area contributed by atoms with E-state index in [2.05, 4.69) is 23.3 Å². The van der Waals surface area contributed by atoms with Crippen LogP contribution in [0.1, 0.15) is 33.2 Å². The fourth-order valence-corrected chi connectivity index (χ4v) is 2.76. The molecular formula is C11H12N2OS2. The van der Waals surface area contributed by atoms with Crippen molar-refractivity contribution >= 4 is 28.6 Å². The van der Waals surface area contributed by atoms with Gasteiger partial charge in [0.25, 0.3) is 5.91 Å². The van der Waals surface area contributed by atoms with Crippen LogP contribution in [0.2, 0.25) is 0 Å². The third-order valence-electron chi connectivity index (χ3n) is 2.20. The number of thiophene rings is 1. The first kappa shape index (κ1) is 11.3. The molecule has 0 bridgehead atoms. The summed E-state index contributed by atoms with van der Waals surface area (Å²) in [7, 11) is 0. The highest BCUT2D eigenvalue weighted by Crippen LogP contribution is 2.22. The molecule has 0 aliphatic heterocycles. The molecule has 0 aliphatic rings. The molecule has 0 fully saturated rings. The second-order valence-electron chi connectivity index (χ2n) is 3.52. The fraction of sp³-hybridized carbons (Fsp3) is 0.273. The zero-order chi connectivity index (χ0) is 11.5. The Hall–Kier alpha value is -1.20. The molecule has 1 amide bonds. The topological polar surface area (TPSA) is 42.0 Å². The molecule has 2 heterocycles. The quantitative estimate of drug-likeness (QED) is 0.912. The summed E-state index contributed by atoms with van der Waals surface area (Å²) in [4.78, 5) is 18.1. The summed E-state index contributed by atoms with van der Waals surface area (Å²) in [5.41, 5.74) is 2.15. The Morgan fingerprint density at radius 2 is 2.31 bits per heavy atom. The lowest BCUT2D eigenvalue weighted by Gasteiger charge is -2.10. The second kappa shape index (κ2) is 4.76. The van der Waals surface area contributed by atoms with E-state index >= 15 is 0 Å². The maximum Gasteiger partial charge on any atom is 0.271 e. The van der Waals surface area contributed by atoms with Crippen LogP contribution in [0.15, 0.2) is 23.0 Å². The van der Waals surface area contributed by atoms with Gasteiger partial charge in [-0.25, -0.2) is 4.98 Å². The van der Waals surface area contributed by atoms with Crippen molar-refractivity contribution in [2.45, 2.75) is 19.9 Å². The Balaban J connectivity index is 2.03. The molecule has 2 rings (SSSR count). The summed E-state index contributed by atoms with van der Waals surface area (Å²) >= 11 is 3.13. The molecule has 0 spiro atoms. The van der Waals surface area contributed by atoms with Crippen molar-refractivity contribution in [1.29, 1.82) is 0 Å². The number of thiazole rings is 1. The zero-order valence-corrected chi connectivity index (χ0v) is 10.7. The van der Waals surface area contributed by atoms with E-state index in [0.717, 1.165) is 0 Å². The molecule has 0 aromatic carbocycles. The molecule has 1 atom stereocenters. The van der Waals surface area contributed by atoms with Crippen LogP contribution in [0.3, 0.4) is 0 Å². The summed E-state index contributed by atoms with van der Waals surface area (Å²) in [5, 5.41) is 4.68. The number of nitrogens with zero attached hydrogens (tertiary/aromatic N) is 1. The van der Waals surface area contributed by atoms with Crippen LogP contribution in [-0.2, 0) is 0 Å². The first-order valence-corrected chi connectivity index (χ1v) is 6.68. The number of hydrogen-bond donors (Lipinski definition) is 1. The van der Waals surface area contributed by atoms with Crippen molar-refractivity contribution in [1.82, 2.24) is 10.3 Å². The van der Waals surface area contributed by atoms with Gasteiger partial charge in [0.15, 0.2) is 0 Å². The van der Waals surface area contributed by atoms with E-state index in [9.17, 15) is 4.79 Å². The number of rotatable bonds is 3. The molecule has 0 aliphatic carbocycles. The minimum atomic E-state index is -0.111. The molecule has 16 heavy (non-hydrogen) atoms. The van der Waals surface area contributed by atoms with Gasteiger partial charge < -0.3 is 5.32 Å². The standard InChI is InChI=1S/C11H12N2OS2/c1-7-3-4-10(16-7)8(2)13-11(14)9-5-15-6-12-9/h3-6,8H,1-2H3,(H,13,14). The predicted octanol–water partition coefficient (Wildman–Crippen LogP) is 3.00. The predicted molar refractivity (Wildman–Crippen MR) is 67.1 cm³/mol. The van der Waals surface area contributed by atoms with Crippen LogP contribution in [0.4, 0.5) is 0 Å². The van der Waals surface area contributed by atoms with Crippen molar-refractivity contribution in [3.63, 3.8) is 0 Å². The zero-order valence-electron chi connectivity index (χ0n) is 9.06. The molecule has 2 aromatic rings. The smallest absolute Gasteiger partial charge is 0.271 e. The van der Waals surface area contributed by atoms with Crippen molar-refractivity contribution < 1.29 is 4.79 Å². The van der Waals surface area contributed by atoms with E-state index in [1.807, 2.05) is 13.0 Å². The third kappa shape index (κ3) is 2.48. The van der Waals surface area contributed by atoms with Gasteiger partial charge >= 0.3 is 0 Å². The molecule has 84 valence electrons. The van der Waals surface area contributed by atoms with Crippen LogP contribution in [0, 0.1) is 6.92 Å². The molecule has 1 unspecified atom stereocenters. The third-order valence-corrected chi connectivity index (χ3v) is 3.97. The first-order chi connectivity index (χ1) is 7.66. The fourth-order valence-electron chi connectivity index (χ4n) is 1.35. The van der Waals surface area contributed by atoms with Gasteiger partial charge in [0.1, 0.15) is 5.69 Å². The van der Waals surface area contributed by atoms with Gasteiger partial charge in [0.2, 0.25) is 0 Å². The Morgan fingerprint density at radius 3 is 2.88 bits per heavy atom. The SMILES string of the molecule is Cc1ccc(C(C)NC(=O)c2cscn2)s1. The normalized spacial score (nSPS) is 12.4. The van der Waals surface area contributed by atoms with Crippen molar-refractivity contribution in [3.8, 4) is 0 Å². The Kier molecular flexibility index (Phi) is 3.36. The van der Waals surface area contributed by atoms with Crippen LogP contribution in [-0.4, -0.2) is 10.9 Å².